The van der Waals surface area contributed by atoms with E-state index < -0.39 is 5.91 Å². The number of anilines is 1. The van der Waals surface area contributed by atoms with E-state index in [4.69, 9.17) is 9.47 Å². The van der Waals surface area contributed by atoms with E-state index in [0.29, 0.717) is 29.3 Å². The molecular weight excluding hydrogens is 360 g/mol. The van der Waals surface area contributed by atoms with Crippen LogP contribution in [0.4, 0.5) is 5.82 Å². The van der Waals surface area contributed by atoms with Crippen LogP contribution in [0.25, 0.3) is 5.65 Å². The Morgan fingerprint density at radius 3 is 2.43 bits per heavy atom. The Labute approximate surface area is 162 Å². The summed E-state index contributed by atoms with van der Waals surface area (Å²) in [6, 6.07) is 10.2. The van der Waals surface area contributed by atoms with Gasteiger partial charge in [0.25, 0.3) is 11.8 Å². The highest BCUT2D eigenvalue weighted by Gasteiger charge is 2.21. The van der Waals surface area contributed by atoms with Crippen LogP contribution in [0.1, 0.15) is 34.2 Å². The number of hydrogen-bond acceptors (Lipinski definition) is 5. The first-order valence-electron chi connectivity index (χ1n) is 8.87. The van der Waals surface area contributed by atoms with Crippen LogP contribution < -0.4 is 20.1 Å². The Hall–Kier alpha value is -3.55. The van der Waals surface area contributed by atoms with Crippen LogP contribution in [0, 0.1) is 0 Å². The molecule has 0 atom stereocenters. The van der Waals surface area contributed by atoms with E-state index in [1.165, 1.54) is 14.2 Å². The minimum Gasteiger partial charge on any atom is -0.497 e. The molecule has 0 unspecified atom stereocenters. The number of benzene rings is 1. The highest BCUT2D eigenvalue weighted by atomic mass is 16.5. The Kier molecular flexibility index (Phi) is 5.78. The number of carbonyl (C=O) groups is 2. The highest BCUT2D eigenvalue weighted by Crippen LogP contribution is 2.24. The van der Waals surface area contributed by atoms with E-state index in [1.54, 1.807) is 40.9 Å². The lowest BCUT2D eigenvalue weighted by Crippen LogP contribution is -2.27. The second kappa shape index (κ2) is 8.43. The summed E-state index contributed by atoms with van der Waals surface area (Å²) in [6.45, 7) is 2.49. The van der Waals surface area contributed by atoms with E-state index in [9.17, 15) is 9.59 Å². The van der Waals surface area contributed by atoms with Gasteiger partial charge in [0.2, 0.25) is 0 Å². The fraction of sp³-hybridized carbons (Fsp3) is 0.250. The molecule has 0 saturated heterocycles. The van der Waals surface area contributed by atoms with Gasteiger partial charge in [-0.15, -0.1) is 0 Å². The molecule has 0 aliphatic rings. The van der Waals surface area contributed by atoms with Crippen LogP contribution in [-0.2, 0) is 0 Å². The topological polar surface area (TPSA) is 94.0 Å². The van der Waals surface area contributed by atoms with Gasteiger partial charge in [0.15, 0.2) is 11.5 Å². The Morgan fingerprint density at radius 1 is 1.07 bits per heavy atom. The minimum atomic E-state index is -0.426. The van der Waals surface area contributed by atoms with Gasteiger partial charge in [-0.05, 0) is 30.7 Å². The number of pyridine rings is 1. The molecule has 0 spiro atoms. The van der Waals surface area contributed by atoms with Crippen LogP contribution in [0.5, 0.6) is 11.5 Å². The highest BCUT2D eigenvalue weighted by molar-refractivity contribution is 6.08. The van der Waals surface area contributed by atoms with Crippen LogP contribution >= 0.6 is 0 Å². The second-order valence-electron chi connectivity index (χ2n) is 6.05. The molecule has 0 bridgehead atoms. The predicted molar refractivity (Wildman–Crippen MR) is 105 cm³/mol. The predicted octanol–water partition coefficient (Wildman–Crippen LogP) is 2.74. The molecule has 8 heteroatoms. The van der Waals surface area contributed by atoms with Crippen molar-refractivity contribution in [2.24, 2.45) is 0 Å². The van der Waals surface area contributed by atoms with Crippen molar-refractivity contribution in [3.05, 3.63) is 53.9 Å². The van der Waals surface area contributed by atoms with Crippen molar-refractivity contribution in [3.8, 4) is 11.5 Å². The smallest absolute Gasteiger partial charge is 0.272 e. The first kappa shape index (κ1) is 19.2. The first-order chi connectivity index (χ1) is 13.6. The van der Waals surface area contributed by atoms with Gasteiger partial charge in [-0.3, -0.25) is 14.0 Å². The zero-order chi connectivity index (χ0) is 20.1. The van der Waals surface area contributed by atoms with E-state index in [1.807, 2.05) is 13.0 Å². The minimum absolute atomic E-state index is 0.187. The summed E-state index contributed by atoms with van der Waals surface area (Å²) in [5.41, 5.74) is 1.16. The number of fused-ring (bicyclic) bond motifs is 1. The van der Waals surface area contributed by atoms with Crippen molar-refractivity contribution in [1.82, 2.24) is 14.7 Å². The molecule has 146 valence electrons. The van der Waals surface area contributed by atoms with Crippen molar-refractivity contribution in [1.29, 1.82) is 0 Å². The van der Waals surface area contributed by atoms with Crippen LogP contribution in [0.3, 0.4) is 0 Å². The van der Waals surface area contributed by atoms with E-state index in [2.05, 4.69) is 15.6 Å². The third-order valence-electron chi connectivity index (χ3n) is 4.13. The first-order valence-corrected chi connectivity index (χ1v) is 8.87. The van der Waals surface area contributed by atoms with Gasteiger partial charge in [-0.2, -0.15) is 0 Å². The number of nitrogens with zero attached hydrogens (tertiary/aromatic N) is 2. The Balaban J connectivity index is 1.97. The van der Waals surface area contributed by atoms with Gasteiger partial charge >= 0.3 is 0 Å². The van der Waals surface area contributed by atoms with Crippen LogP contribution in [-0.4, -0.2) is 42.0 Å². The summed E-state index contributed by atoms with van der Waals surface area (Å²) in [5, 5.41) is 5.56. The maximum atomic E-state index is 12.8. The summed E-state index contributed by atoms with van der Waals surface area (Å²) in [4.78, 5) is 29.9. The molecule has 0 radical (unpaired) electrons. The number of rotatable bonds is 7. The molecule has 3 aromatic rings. The van der Waals surface area contributed by atoms with E-state index >= 15 is 0 Å². The number of aromatic nitrogens is 2. The summed E-state index contributed by atoms with van der Waals surface area (Å²) in [7, 11) is 3.02. The molecule has 3 rings (SSSR count). The lowest BCUT2D eigenvalue weighted by molar-refractivity contribution is 0.0948. The van der Waals surface area contributed by atoms with E-state index in [-0.39, 0.29) is 17.4 Å². The normalized spacial score (nSPS) is 10.5. The lowest BCUT2D eigenvalue weighted by atomic mass is 10.2. The number of nitrogens with one attached hydrogen (secondary N) is 2. The molecule has 0 aliphatic heterocycles. The molecule has 0 aliphatic carbocycles. The van der Waals surface area contributed by atoms with Crippen molar-refractivity contribution < 1.29 is 19.1 Å². The summed E-state index contributed by atoms with van der Waals surface area (Å²) >= 11 is 0. The largest absolute Gasteiger partial charge is 0.497 e. The van der Waals surface area contributed by atoms with Crippen molar-refractivity contribution in [3.63, 3.8) is 0 Å². The molecule has 2 aromatic heterocycles. The third-order valence-corrected chi connectivity index (χ3v) is 4.13. The zero-order valence-electron chi connectivity index (χ0n) is 16.0. The second-order valence-corrected chi connectivity index (χ2v) is 6.05. The fourth-order valence-electron chi connectivity index (χ4n) is 2.74. The van der Waals surface area contributed by atoms with Gasteiger partial charge in [-0.25, -0.2) is 4.98 Å². The van der Waals surface area contributed by atoms with Crippen molar-refractivity contribution in [2.45, 2.75) is 13.3 Å². The maximum absolute atomic E-state index is 12.8. The van der Waals surface area contributed by atoms with Crippen molar-refractivity contribution >= 4 is 23.3 Å². The van der Waals surface area contributed by atoms with Crippen LogP contribution in [0.15, 0.2) is 42.6 Å². The SMILES string of the molecule is CCCNC(=O)c1c(NC(=O)c2cc(OC)cc(OC)c2)nc2ccccn12. The van der Waals surface area contributed by atoms with Gasteiger partial charge in [0, 0.05) is 24.4 Å². The van der Waals surface area contributed by atoms with Crippen LogP contribution in [0.2, 0.25) is 0 Å². The fourth-order valence-corrected chi connectivity index (χ4v) is 2.74. The Morgan fingerprint density at radius 2 is 1.79 bits per heavy atom. The standard InChI is InChI=1S/C20H22N4O4/c1-4-8-21-20(26)17-18(22-16-7-5-6-9-24(16)17)23-19(25)13-10-14(27-2)12-15(11-13)28-3/h5-7,9-12H,4,8H2,1-3H3,(H,21,26)(H,23,25). The van der Waals surface area contributed by atoms with Crippen molar-refractivity contribution in [2.75, 3.05) is 26.1 Å². The summed E-state index contributed by atoms with van der Waals surface area (Å²) in [6.07, 6.45) is 2.53. The molecule has 28 heavy (non-hydrogen) atoms. The summed E-state index contributed by atoms with van der Waals surface area (Å²) in [5.74, 6) is 0.427. The molecule has 0 fully saturated rings. The quantitative estimate of drug-likeness (QED) is 0.655. The molecule has 0 saturated carbocycles. The van der Waals surface area contributed by atoms with Gasteiger partial charge in [0.1, 0.15) is 17.1 Å². The zero-order valence-corrected chi connectivity index (χ0v) is 16.0. The number of imidazole rings is 1. The maximum Gasteiger partial charge on any atom is 0.272 e. The number of carbonyl (C=O) groups excluding carboxylic acids is 2. The molecule has 2 heterocycles. The number of ether oxygens (including phenoxy) is 2. The molecule has 1 aromatic carbocycles. The monoisotopic (exact) mass is 382 g/mol. The molecule has 2 N–H and O–H groups in total. The van der Waals surface area contributed by atoms with Gasteiger partial charge in [0.05, 0.1) is 14.2 Å². The molecule has 8 nitrogen and oxygen atoms in total. The van der Waals surface area contributed by atoms with E-state index in [0.717, 1.165) is 6.42 Å². The summed E-state index contributed by atoms with van der Waals surface area (Å²) < 4.78 is 12.1. The number of amides is 2. The lowest BCUT2D eigenvalue weighted by Gasteiger charge is -2.10. The Bertz CT molecular complexity index is 990. The average molecular weight is 382 g/mol. The molecular formula is C20H22N4O4. The van der Waals surface area contributed by atoms with Gasteiger partial charge < -0.3 is 20.1 Å². The third kappa shape index (κ3) is 3.90. The molecule has 2 amide bonds. The average Bonchev–Trinajstić information content (AvgIpc) is 3.09. The number of methoxy groups -OCH3 is 2. The number of hydrogen-bond donors (Lipinski definition) is 2. The van der Waals surface area contributed by atoms with Gasteiger partial charge in [-0.1, -0.05) is 13.0 Å².